The SMILES string of the molecule is CC(Nc1c(F)c(F)cc(F)c1F)c1cc(Cl)ccc1Cl. The summed E-state index contributed by atoms with van der Waals surface area (Å²) in [5.41, 5.74) is -0.455. The van der Waals surface area contributed by atoms with Crippen molar-refractivity contribution in [2.75, 3.05) is 5.32 Å². The molecule has 0 amide bonds. The predicted molar refractivity (Wildman–Crippen MR) is 74.8 cm³/mol. The Morgan fingerprint density at radius 1 is 0.952 bits per heavy atom. The van der Waals surface area contributed by atoms with Crippen LogP contribution in [-0.2, 0) is 0 Å². The molecule has 0 radical (unpaired) electrons. The normalized spacial score (nSPS) is 12.3. The molecule has 112 valence electrons. The summed E-state index contributed by atoms with van der Waals surface area (Å²) < 4.78 is 53.5. The van der Waals surface area contributed by atoms with Crippen LogP contribution in [0.2, 0.25) is 10.0 Å². The molecular formula is C14H9Cl2F4N. The predicted octanol–water partition coefficient (Wildman–Crippen LogP) is 5.72. The van der Waals surface area contributed by atoms with Crippen LogP contribution in [0.25, 0.3) is 0 Å². The van der Waals surface area contributed by atoms with Crippen LogP contribution in [0, 0.1) is 23.3 Å². The summed E-state index contributed by atoms with van der Waals surface area (Å²) in [7, 11) is 0. The van der Waals surface area contributed by atoms with E-state index in [0.717, 1.165) is 0 Å². The lowest BCUT2D eigenvalue weighted by Gasteiger charge is -2.18. The monoisotopic (exact) mass is 337 g/mol. The maximum absolute atomic E-state index is 13.6. The topological polar surface area (TPSA) is 12.0 Å². The van der Waals surface area contributed by atoms with Crippen molar-refractivity contribution in [3.8, 4) is 0 Å². The van der Waals surface area contributed by atoms with Crippen molar-refractivity contribution in [1.82, 2.24) is 0 Å². The largest absolute Gasteiger partial charge is 0.374 e. The number of anilines is 1. The lowest BCUT2D eigenvalue weighted by atomic mass is 10.1. The molecule has 1 N–H and O–H groups in total. The van der Waals surface area contributed by atoms with E-state index in [0.29, 0.717) is 15.6 Å². The van der Waals surface area contributed by atoms with Crippen molar-refractivity contribution in [2.24, 2.45) is 0 Å². The van der Waals surface area contributed by atoms with E-state index in [1.54, 1.807) is 6.07 Å². The maximum atomic E-state index is 13.6. The molecule has 0 aromatic heterocycles. The lowest BCUT2D eigenvalue weighted by Crippen LogP contribution is -2.12. The van der Waals surface area contributed by atoms with Gasteiger partial charge in [-0.25, -0.2) is 17.6 Å². The van der Waals surface area contributed by atoms with Gasteiger partial charge in [0.1, 0.15) is 5.69 Å². The van der Waals surface area contributed by atoms with Crippen LogP contribution in [0.4, 0.5) is 23.2 Å². The van der Waals surface area contributed by atoms with E-state index in [-0.39, 0.29) is 6.07 Å². The quantitative estimate of drug-likeness (QED) is 0.557. The van der Waals surface area contributed by atoms with Crippen LogP contribution in [0.3, 0.4) is 0 Å². The second-order valence-corrected chi connectivity index (χ2v) is 5.22. The molecule has 0 fully saturated rings. The van der Waals surface area contributed by atoms with E-state index >= 15 is 0 Å². The van der Waals surface area contributed by atoms with Crippen molar-refractivity contribution in [1.29, 1.82) is 0 Å². The Morgan fingerprint density at radius 3 is 2.10 bits per heavy atom. The first kappa shape index (κ1) is 15.9. The summed E-state index contributed by atoms with van der Waals surface area (Å²) in [6, 6.07) is 3.97. The highest BCUT2D eigenvalue weighted by Gasteiger charge is 2.21. The second-order valence-electron chi connectivity index (χ2n) is 4.38. The molecule has 2 aromatic carbocycles. The van der Waals surface area contributed by atoms with Gasteiger partial charge in [-0.15, -0.1) is 0 Å². The Balaban J connectivity index is 2.40. The van der Waals surface area contributed by atoms with Crippen LogP contribution in [-0.4, -0.2) is 0 Å². The van der Waals surface area contributed by atoms with Crippen LogP contribution in [0.15, 0.2) is 24.3 Å². The third-order valence-corrected chi connectivity index (χ3v) is 3.48. The van der Waals surface area contributed by atoms with Gasteiger partial charge in [-0.2, -0.15) is 0 Å². The summed E-state index contributed by atoms with van der Waals surface area (Å²) in [6.45, 7) is 1.53. The smallest absolute Gasteiger partial charge is 0.185 e. The van der Waals surface area contributed by atoms with Crippen molar-refractivity contribution < 1.29 is 17.6 Å². The Bertz CT molecular complexity index is 665. The number of hydrogen-bond acceptors (Lipinski definition) is 1. The molecule has 0 aliphatic carbocycles. The molecule has 0 saturated carbocycles. The molecule has 0 heterocycles. The van der Waals surface area contributed by atoms with Gasteiger partial charge < -0.3 is 5.32 Å². The molecule has 0 aliphatic heterocycles. The van der Waals surface area contributed by atoms with Gasteiger partial charge >= 0.3 is 0 Å². The number of nitrogens with one attached hydrogen (secondary N) is 1. The summed E-state index contributed by atoms with van der Waals surface area (Å²) in [4.78, 5) is 0. The molecule has 1 unspecified atom stereocenters. The fraction of sp³-hybridized carbons (Fsp3) is 0.143. The zero-order valence-corrected chi connectivity index (χ0v) is 12.2. The molecule has 21 heavy (non-hydrogen) atoms. The maximum Gasteiger partial charge on any atom is 0.185 e. The number of hydrogen-bond donors (Lipinski definition) is 1. The van der Waals surface area contributed by atoms with Gasteiger partial charge in [0.05, 0.1) is 6.04 Å². The van der Waals surface area contributed by atoms with Crippen molar-refractivity contribution in [2.45, 2.75) is 13.0 Å². The van der Waals surface area contributed by atoms with Crippen LogP contribution in [0.5, 0.6) is 0 Å². The second kappa shape index (κ2) is 6.12. The van der Waals surface area contributed by atoms with Gasteiger partial charge in [0.2, 0.25) is 0 Å². The van der Waals surface area contributed by atoms with E-state index in [4.69, 9.17) is 23.2 Å². The van der Waals surface area contributed by atoms with E-state index in [2.05, 4.69) is 5.32 Å². The molecule has 2 rings (SSSR count). The Hall–Kier alpha value is -1.46. The van der Waals surface area contributed by atoms with Gasteiger partial charge in [0, 0.05) is 16.1 Å². The molecule has 2 aromatic rings. The minimum atomic E-state index is -1.50. The molecule has 0 aliphatic rings. The van der Waals surface area contributed by atoms with Crippen molar-refractivity contribution >= 4 is 28.9 Å². The fourth-order valence-electron chi connectivity index (χ4n) is 1.84. The van der Waals surface area contributed by atoms with Gasteiger partial charge in [0.15, 0.2) is 23.3 Å². The average molecular weight is 338 g/mol. The number of rotatable bonds is 3. The average Bonchev–Trinajstić information content (AvgIpc) is 2.43. The Labute approximate surface area is 128 Å². The van der Waals surface area contributed by atoms with E-state index < -0.39 is 35.0 Å². The van der Waals surface area contributed by atoms with Crippen molar-refractivity contribution in [3.05, 3.63) is 63.1 Å². The van der Waals surface area contributed by atoms with Crippen LogP contribution < -0.4 is 5.32 Å². The summed E-state index contributed by atoms with van der Waals surface area (Å²) in [5, 5.41) is 3.04. The molecule has 0 spiro atoms. The number of halogens is 6. The minimum Gasteiger partial charge on any atom is -0.374 e. The molecule has 7 heteroatoms. The van der Waals surface area contributed by atoms with Crippen molar-refractivity contribution in [3.63, 3.8) is 0 Å². The van der Waals surface area contributed by atoms with E-state index in [9.17, 15) is 17.6 Å². The first-order valence-electron chi connectivity index (χ1n) is 5.85. The minimum absolute atomic E-state index is 0.146. The summed E-state index contributed by atoms with van der Waals surface area (Å²) in [5.74, 6) is -5.97. The van der Waals surface area contributed by atoms with Gasteiger partial charge in [-0.05, 0) is 30.7 Å². The highest BCUT2D eigenvalue weighted by molar-refractivity contribution is 6.33. The van der Waals surface area contributed by atoms with Gasteiger partial charge in [-0.1, -0.05) is 23.2 Å². The third-order valence-electron chi connectivity index (χ3n) is 2.90. The zero-order chi connectivity index (χ0) is 15.7. The molecular weight excluding hydrogens is 329 g/mol. The Kier molecular flexibility index (Phi) is 4.64. The standard InChI is InChI=1S/C14H9Cl2F4N/c1-6(8-4-7(15)2-3-9(8)16)21-14-12(19)10(17)5-11(18)13(14)20/h2-6,21H,1H3. The summed E-state index contributed by atoms with van der Waals surface area (Å²) >= 11 is 11.8. The van der Waals surface area contributed by atoms with Crippen LogP contribution >= 0.6 is 23.2 Å². The fourth-order valence-corrected chi connectivity index (χ4v) is 2.30. The molecule has 0 saturated heterocycles. The first-order valence-corrected chi connectivity index (χ1v) is 6.61. The highest BCUT2D eigenvalue weighted by atomic mass is 35.5. The highest BCUT2D eigenvalue weighted by Crippen LogP contribution is 2.31. The molecule has 1 atom stereocenters. The van der Waals surface area contributed by atoms with E-state index in [1.165, 1.54) is 19.1 Å². The van der Waals surface area contributed by atoms with E-state index in [1.807, 2.05) is 0 Å². The lowest BCUT2D eigenvalue weighted by molar-refractivity contribution is 0.457. The zero-order valence-electron chi connectivity index (χ0n) is 10.7. The third kappa shape index (κ3) is 3.24. The van der Waals surface area contributed by atoms with Crippen LogP contribution in [0.1, 0.15) is 18.5 Å². The molecule has 1 nitrogen and oxygen atoms in total. The number of benzene rings is 2. The van der Waals surface area contributed by atoms with Gasteiger partial charge in [-0.3, -0.25) is 0 Å². The first-order chi connectivity index (χ1) is 9.81. The molecule has 0 bridgehead atoms. The summed E-state index contributed by atoms with van der Waals surface area (Å²) in [6.07, 6.45) is 0. The Morgan fingerprint density at radius 2 is 1.52 bits per heavy atom. The van der Waals surface area contributed by atoms with Gasteiger partial charge in [0.25, 0.3) is 0 Å².